The molecule has 0 aromatic heterocycles. The van der Waals surface area contributed by atoms with Crippen LogP contribution in [0.4, 0.5) is 34.1 Å². The molecule has 11 aromatic carbocycles. The van der Waals surface area contributed by atoms with Gasteiger partial charge in [-0.05, 0) is 240 Å². The number of hydrogen-bond donors (Lipinski definition) is 0. The fraction of sp³-hybridized carbons (Fsp3) is 0.211. The average Bonchev–Trinajstić information content (AvgIpc) is 4.06. The summed E-state index contributed by atoms with van der Waals surface area (Å²) in [4.78, 5) is 5.11. The Labute approximate surface area is 458 Å². The van der Waals surface area contributed by atoms with Gasteiger partial charge in [-0.1, -0.05) is 161 Å². The predicted octanol–water partition coefficient (Wildman–Crippen LogP) is 20.4. The number of benzene rings is 11. The largest absolute Gasteiger partial charge is 0.310 e. The monoisotopic (exact) mass is 1000 g/mol. The van der Waals surface area contributed by atoms with Crippen molar-refractivity contribution < 1.29 is 0 Å². The smallest absolute Gasteiger partial charge is 0.0468 e. The van der Waals surface area contributed by atoms with Gasteiger partial charge in [0.05, 0.1) is 0 Å². The number of nitrogens with zero attached hydrogens (tertiary/aromatic N) is 2. The summed E-state index contributed by atoms with van der Waals surface area (Å²) in [5.41, 5.74) is 24.0. The highest BCUT2D eigenvalue weighted by molar-refractivity contribution is 5.99. The van der Waals surface area contributed by atoms with Gasteiger partial charge < -0.3 is 9.80 Å². The second-order valence-corrected chi connectivity index (χ2v) is 25.4. The Kier molecular flexibility index (Phi) is 9.18. The zero-order chi connectivity index (χ0) is 51.8. The zero-order valence-electron chi connectivity index (χ0n) is 45.0. The summed E-state index contributed by atoms with van der Waals surface area (Å²) < 4.78 is 0. The van der Waals surface area contributed by atoms with E-state index >= 15 is 0 Å². The van der Waals surface area contributed by atoms with E-state index in [0.29, 0.717) is 11.8 Å². The van der Waals surface area contributed by atoms with Gasteiger partial charge in [-0.2, -0.15) is 0 Å². The maximum atomic E-state index is 2.69. The summed E-state index contributed by atoms with van der Waals surface area (Å²) in [6.45, 7) is 9.61. The first-order chi connectivity index (χ1) is 38.1. The first kappa shape index (κ1) is 44.9. The summed E-state index contributed by atoms with van der Waals surface area (Å²) in [7, 11) is 0. The van der Waals surface area contributed by atoms with Crippen LogP contribution >= 0.6 is 0 Å². The molecule has 7 aliphatic carbocycles. The topological polar surface area (TPSA) is 6.48 Å². The predicted molar refractivity (Wildman–Crippen MR) is 327 cm³/mol. The fourth-order valence-electron chi connectivity index (χ4n) is 17.4. The maximum Gasteiger partial charge on any atom is 0.0468 e. The summed E-state index contributed by atoms with van der Waals surface area (Å²) >= 11 is 0. The molecule has 11 aromatic rings. The van der Waals surface area contributed by atoms with Gasteiger partial charge >= 0.3 is 0 Å². The van der Waals surface area contributed by atoms with Crippen LogP contribution in [0.25, 0.3) is 65.7 Å². The molecule has 1 spiro atoms. The summed E-state index contributed by atoms with van der Waals surface area (Å²) in [5, 5.41) is 7.66. The van der Waals surface area contributed by atoms with E-state index in [2.05, 4.69) is 256 Å². The third-order valence-corrected chi connectivity index (χ3v) is 20.7. The molecule has 0 radical (unpaired) electrons. The molecule has 4 fully saturated rings. The number of rotatable bonds is 6. The molecule has 7 aliphatic rings. The van der Waals surface area contributed by atoms with Crippen molar-refractivity contribution in [2.75, 3.05) is 9.80 Å². The summed E-state index contributed by atoms with van der Waals surface area (Å²) in [6, 6.07) is 84.6. The Hall–Kier alpha value is -8.20. The zero-order valence-corrected chi connectivity index (χ0v) is 45.0. The Morgan fingerprint density at radius 1 is 0.269 bits per heavy atom. The Balaban J connectivity index is 0.845. The minimum absolute atomic E-state index is 0.0481. The van der Waals surface area contributed by atoms with E-state index in [1.807, 2.05) is 0 Å². The van der Waals surface area contributed by atoms with Crippen LogP contribution in [0.2, 0.25) is 0 Å². The summed E-state index contributed by atoms with van der Waals surface area (Å²) in [6.07, 6.45) is 6.75. The van der Waals surface area contributed by atoms with Crippen molar-refractivity contribution in [1.29, 1.82) is 0 Å². The Morgan fingerprint density at radius 2 is 0.615 bits per heavy atom. The van der Waals surface area contributed by atoms with Gasteiger partial charge in [0.1, 0.15) is 0 Å². The molecule has 2 heteroatoms. The number of hydrogen-bond acceptors (Lipinski definition) is 2. The molecule has 376 valence electrons. The minimum atomic E-state index is -0.111. The lowest BCUT2D eigenvalue weighted by Gasteiger charge is -2.61. The van der Waals surface area contributed by atoms with Gasteiger partial charge in [0.2, 0.25) is 0 Å². The lowest BCUT2D eigenvalue weighted by Crippen LogP contribution is -2.55. The Bertz CT molecular complexity index is 4350. The van der Waals surface area contributed by atoms with Gasteiger partial charge in [0, 0.05) is 50.4 Å². The Morgan fingerprint density at radius 3 is 1.12 bits per heavy atom. The van der Waals surface area contributed by atoms with Crippen molar-refractivity contribution in [2.45, 2.75) is 76.0 Å². The van der Waals surface area contributed by atoms with Crippen LogP contribution in [0.1, 0.15) is 93.2 Å². The van der Waals surface area contributed by atoms with Gasteiger partial charge in [-0.25, -0.2) is 0 Å². The normalized spacial score (nSPS) is 21.8. The van der Waals surface area contributed by atoms with Crippen molar-refractivity contribution in [3.05, 3.63) is 252 Å². The van der Waals surface area contributed by atoms with E-state index < -0.39 is 0 Å². The van der Waals surface area contributed by atoms with Crippen molar-refractivity contribution >= 4 is 66.4 Å². The molecule has 0 aliphatic heterocycles. The quantitative estimate of drug-likeness (QED) is 0.164. The van der Waals surface area contributed by atoms with Crippen LogP contribution < -0.4 is 9.80 Å². The minimum Gasteiger partial charge on any atom is -0.310 e. The van der Waals surface area contributed by atoms with E-state index in [0.717, 1.165) is 11.8 Å². The summed E-state index contributed by atoms with van der Waals surface area (Å²) in [5.74, 6) is 2.92. The lowest BCUT2D eigenvalue weighted by molar-refractivity contribution is -0.0398. The third-order valence-electron chi connectivity index (χ3n) is 20.7. The van der Waals surface area contributed by atoms with Crippen LogP contribution in [0.15, 0.2) is 218 Å². The van der Waals surface area contributed by atoms with Crippen molar-refractivity contribution in [2.24, 2.45) is 23.7 Å². The second-order valence-electron chi connectivity index (χ2n) is 25.4. The molecule has 4 bridgehead atoms. The van der Waals surface area contributed by atoms with Gasteiger partial charge in [-0.15, -0.1) is 0 Å². The molecular weight excluding hydrogens is 941 g/mol. The standard InChI is InChI=1S/C76H62N2/c1-74(2)68-19-11-9-17-62(68)64-30-27-59(43-70(64)74)77(56-24-21-48-13-5-7-15-50(48)38-56)58-26-23-52-41-67-66-32-29-61(45-73(66)76(72(67)42-53(52)40-58)54-34-46-33-47(36-54)37-55(76)35-46)78(57-25-22-49-14-6-8-16-51(49)39-57)60-28-31-65-63-18-10-12-20-69(63)75(3,4)71(65)44-60/h5-32,38-47,54-55H,33-37H2,1-4H3. The number of fused-ring (bicyclic) bond motifs is 12. The molecule has 4 saturated carbocycles. The third kappa shape index (κ3) is 6.15. The molecular formula is C76H62N2. The first-order valence-electron chi connectivity index (χ1n) is 28.9. The molecule has 2 nitrogen and oxygen atoms in total. The highest BCUT2D eigenvalue weighted by Gasteiger charge is 2.62. The van der Waals surface area contributed by atoms with Crippen LogP contribution in [-0.4, -0.2) is 0 Å². The molecule has 0 atom stereocenters. The SMILES string of the molecule is CC1(C)c2ccccc2-c2ccc(N(c3ccc4c(c3)C3(c5cc6cc(N(c7ccc8c(c7)C(C)(C)c7ccccc7-8)c7ccc8ccccc8c7)ccc6cc5-4)C4CC5CC(C4)CC3C5)c3ccc4ccccc4c3)cc21. The van der Waals surface area contributed by atoms with E-state index in [4.69, 9.17) is 0 Å². The van der Waals surface area contributed by atoms with E-state index in [1.54, 1.807) is 11.1 Å². The van der Waals surface area contributed by atoms with E-state index in [9.17, 15) is 0 Å². The molecule has 78 heavy (non-hydrogen) atoms. The maximum absolute atomic E-state index is 2.69. The highest BCUT2D eigenvalue weighted by atomic mass is 15.1. The molecule has 0 unspecified atom stereocenters. The van der Waals surface area contributed by atoms with Crippen molar-refractivity contribution in [3.63, 3.8) is 0 Å². The average molecular weight is 1000 g/mol. The van der Waals surface area contributed by atoms with Crippen LogP contribution in [0.3, 0.4) is 0 Å². The van der Waals surface area contributed by atoms with E-state index in [1.165, 1.54) is 154 Å². The lowest BCUT2D eigenvalue weighted by atomic mass is 9.43. The molecule has 0 saturated heterocycles. The van der Waals surface area contributed by atoms with Crippen molar-refractivity contribution in [3.8, 4) is 33.4 Å². The van der Waals surface area contributed by atoms with Gasteiger partial charge in [0.15, 0.2) is 0 Å². The first-order valence-corrected chi connectivity index (χ1v) is 28.9. The van der Waals surface area contributed by atoms with Crippen LogP contribution in [-0.2, 0) is 16.2 Å². The van der Waals surface area contributed by atoms with Crippen LogP contribution in [0.5, 0.6) is 0 Å². The molecule has 18 rings (SSSR count). The second kappa shape index (κ2) is 16.0. The molecule has 0 N–H and O–H groups in total. The van der Waals surface area contributed by atoms with Crippen LogP contribution in [0, 0.1) is 23.7 Å². The number of anilines is 6. The fourth-order valence-corrected chi connectivity index (χ4v) is 17.4. The van der Waals surface area contributed by atoms with Gasteiger partial charge in [0.25, 0.3) is 0 Å². The van der Waals surface area contributed by atoms with Crippen molar-refractivity contribution in [1.82, 2.24) is 0 Å². The van der Waals surface area contributed by atoms with E-state index in [-0.39, 0.29) is 16.2 Å². The van der Waals surface area contributed by atoms with Gasteiger partial charge in [-0.3, -0.25) is 0 Å². The highest BCUT2D eigenvalue weighted by Crippen LogP contribution is 2.70. The molecule has 0 heterocycles. The molecule has 0 amide bonds.